The molecule has 0 atom stereocenters. The van der Waals surface area contributed by atoms with Crippen LogP contribution in [0, 0.1) is 0 Å². The third-order valence-electron chi connectivity index (χ3n) is 1.68. The fourth-order valence-corrected chi connectivity index (χ4v) is 1.06. The van der Waals surface area contributed by atoms with E-state index < -0.39 is 0 Å². The molecule has 2 heterocycles. The Morgan fingerprint density at radius 1 is 1.15 bits per heavy atom. The maximum atomic E-state index is 5.66. The third kappa shape index (κ3) is 1.46. The second-order valence-corrected chi connectivity index (χ2v) is 2.54. The summed E-state index contributed by atoms with van der Waals surface area (Å²) >= 11 is 0. The Morgan fingerprint density at radius 3 is 2.77 bits per heavy atom. The predicted octanol–water partition coefficient (Wildman–Crippen LogP) is 1.12. The molecule has 0 unspecified atom stereocenters. The van der Waals surface area contributed by atoms with Crippen molar-refractivity contribution >= 4 is 5.82 Å². The van der Waals surface area contributed by atoms with Gasteiger partial charge < -0.3 is 5.73 Å². The van der Waals surface area contributed by atoms with E-state index in [1.54, 1.807) is 12.4 Å². The molecular weight excluding hydrogens is 164 g/mol. The minimum atomic E-state index is 0.453. The molecule has 4 nitrogen and oxygen atoms in total. The maximum absolute atomic E-state index is 5.66. The summed E-state index contributed by atoms with van der Waals surface area (Å²) in [6.45, 7) is 0. The van der Waals surface area contributed by atoms with Crippen LogP contribution in [0.3, 0.4) is 0 Å². The summed E-state index contributed by atoms with van der Waals surface area (Å²) in [5.74, 6) is 0.453. The lowest BCUT2D eigenvalue weighted by molar-refractivity contribution is 1.17. The fraction of sp³-hybridized carbons (Fsp3) is 0. The number of anilines is 1. The number of hydrogen-bond donors (Lipinski definition) is 1. The minimum Gasteiger partial charge on any atom is -0.383 e. The van der Waals surface area contributed by atoms with Gasteiger partial charge in [0.25, 0.3) is 0 Å². The van der Waals surface area contributed by atoms with E-state index in [-0.39, 0.29) is 0 Å². The first-order valence-electron chi connectivity index (χ1n) is 3.85. The van der Waals surface area contributed by atoms with Crippen LogP contribution >= 0.6 is 0 Å². The lowest BCUT2D eigenvalue weighted by Gasteiger charge is -2.01. The van der Waals surface area contributed by atoms with Gasteiger partial charge in [0.05, 0.1) is 11.3 Å². The Labute approximate surface area is 75.5 Å². The normalized spacial score (nSPS) is 9.85. The van der Waals surface area contributed by atoms with Crippen LogP contribution in [0.25, 0.3) is 11.3 Å². The summed E-state index contributed by atoms with van der Waals surface area (Å²) in [5.41, 5.74) is 7.22. The molecule has 4 heteroatoms. The second kappa shape index (κ2) is 3.18. The SMILES string of the molecule is Nc1ncncc1-c1ccccn1. The summed E-state index contributed by atoms with van der Waals surface area (Å²) in [6, 6.07) is 5.62. The Bertz CT molecular complexity index is 399. The van der Waals surface area contributed by atoms with Crippen LogP contribution in [-0.2, 0) is 0 Å². The molecule has 2 aromatic rings. The molecule has 0 saturated carbocycles. The minimum absolute atomic E-state index is 0.453. The van der Waals surface area contributed by atoms with Gasteiger partial charge in [-0.05, 0) is 12.1 Å². The molecule has 2 rings (SSSR count). The Morgan fingerprint density at radius 2 is 2.08 bits per heavy atom. The van der Waals surface area contributed by atoms with E-state index in [0.717, 1.165) is 11.3 Å². The van der Waals surface area contributed by atoms with Gasteiger partial charge in [0.1, 0.15) is 12.1 Å². The summed E-state index contributed by atoms with van der Waals surface area (Å²) < 4.78 is 0. The first-order chi connectivity index (χ1) is 6.38. The fourth-order valence-electron chi connectivity index (χ4n) is 1.06. The summed E-state index contributed by atoms with van der Waals surface area (Å²) in [4.78, 5) is 11.9. The lowest BCUT2D eigenvalue weighted by Crippen LogP contribution is -1.95. The van der Waals surface area contributed by atoms with Gasteiger partial charge in [-0.1, -0.05) is 6.07 Å². The predicted molar refractivity (Wildman–Crippen MR) is 49.7 cm³/mol. The smallest absolute Gasteiger partial charge is 0.136 e. The molecule has 0 aromatic carbocycles. The van der Waals surface area contributed by atoms with Crippen LogP contribution in [0.4, 0.5) is 5.82 Å². The van der Waals surface area contributed by atoms with Crippen LogP contribution in [-0.4, -0.2) is 15.0 Å². The zero-order valence-corrected chi connectivity index (χ0v) is 6.88. The van der Waals surface area contributed by atoms with Crippen LogP contribution in [0.2, 0.25) is 0 Å². The molecule has 64 valence electrons. The van der Waals surface area contributed by atoms with Gasteiger partial charge in [-0.3, -0.25) is 4.98 Å². The summed E-state index contributed by atoms with van der Waals surface area (Å²) in [5, 5.41) is 0. The number of hydrogen-bond acceptors (Lipinski definition) is 4. The zero-order valence-electron chi connectivity index (χ0n) is 6.88. The topological polar surface area (TPSA) is 64.7 Å². The highest BCUT2D eigenvalue weighted by atomic mass is 14.9. The van der Waals surface area contributed by atoms with E-state index in [1.165, 1.54) is 6.33 Å². The van der Waals surface area contributed by atoms with Crippen LogP contribution in [0.1, 0.15) is 0 Å². The summed E-state index contributed by atoms with van der Waals surface area (Å²) in [7, 11) is 0. The van der Waals surface area contributed by atoms with Gasteiger partial charge in [-0.15, -0.1) is 0 Å². The zero-order chi connectivity index (χ0) is 9.10. The summed E-state index contributed by atoms with van der Waals surface area (Å²) in [6.07, 6.45) is 4.79. The lowest BCUT2D eigenvalue weighted by atomic mass is 10.2. The molecule has 0 bridgehead atoms. The van der Waals surface area contributed by atoms with Crippen molar-refractivity contribution in [3.63, 3.8) is 0 Å². The number of nitrogen functional groups attached to an aromatic ring is 1. The largest absolute Gasteiger partial charge is 0.383 e. The average Bonchev–Trinajstić information content (AvgIpc) is 2.20. The van der Waals surface area contributed by atoms with Crippen LogP contribution in [0.5, 0.6) is 0 Å². The second-order valence-electron chi connectivity index (χ2n) is 2.54. The van der Waals surface area contributed by atoms with Crippen molar-refractivity contribution in [2.45, 2.75) is 0 Å². The number of nitrogens with two attached hydrogens (primary N) is 1. The molecule has 0 aliphatic carbocycles. The van der Waals surface area contributed by atoms with E-state index in [0.29, 0.717) is 5.82 Å². The van der Waals surface area contributed by atoms with Gasteiger partial charge in [-0.25, -0.2) is 9.97 Å². The third-order valence-corrected chi connectivity index (χ3v) is 1.68. The molecule has 0 amide bonds. The van der Waals surface area contributed by atoms with Gasteiger partial charge in [0.2, 0.25) is 0 Å². The van der Waals surface area contributed by atoms with E-state index in [4.69, 9.17) is 5.73 Å². The van der Waals surface area contributed by atoms with Crippen molar-refractivity contribution in [3.05, 3.63) is 36.9 Å². The number of aromatic nitrogens is 3. The Kier molecular flexibility index (Phi) is 1.88. The van der Waals surface area contributed by atoms with Crippen LogP contribution in [0.15, 0.2) is 36.9 Å². The van der Waals surface area contributed by atoms with E-state index >= 15 is 0 Å². The molecule has 0 aliphatic heterocycles. The molecule has 0 radical (unpaired) electrons. The molecule has 0 aliphatic rings. The monoisotopic (exact) mass is 172 g/mol. The molecule has 0 spiro atoms. The quantitative estimate of drug-likeness (QED) is 0.700. The van der Waals surface area contributed by atoms with Crippen molar-refractivity contribution in [2.75, 3.05) is 5.73 Å². The maximum Gasteiger partial charge on any atom is 0.136 e. The highest BCUT2D eigenvalue weighted by Crippen LogP contribution is 2.19. The van der Waals surface area contributed by atoms with Gasteiger partial charge in [0.15, 0.2) is 0 Å². The molecule has 2 aromatic heterocycles. The van der Waals surface area contributed by atoms with Gasteiger partial charge >= 0.3 is 0 Å². The van der Waals surface area contributed by atoms with Crippen molar-refractivity contribution < 1.29 is 0 Å². The molecule has 0 saturated heterocycles. The van der Waals surface area contributed by atoms with Gasteiger partial charge in [0, 0.05) is 12.4 Å². The van der Waals surface area contributed by atoms with Crippen molar-refractivity contribution in [3.8, 4) is 11.3 Å². The number of nitrogens with zero attached hydrogens (tertiary/aromatic N) is 3. The first-order valence-corrected chi connectivity index (χ1v) is 3.85. The number of pyridine rings is 1. The van der Waals surface area contributed by atoms with Crippen LogP contribution < -0.4 is 5.73 Å². The van der Waals surface area contributed by atoms with E-state index in [9.17, 15) is 0 Å². The van der Waals surface area contributed by atoms with E-state index in [2.05, 4.69) is 15.0 Å². The van der Waals surface area contributed by atoms with Gasteiger partial charge in [-0.2, -0.15) is 0 Å². The van der Waals surface area contributed by atoms with Crippen molar-refractivity contribution in [1.29, 1.82) is 0 Å². The van der Waals surface area contributed by atoms with E-state index in [1.807, 2.05) is 18.2 Å². The molecule has 2 N–H and O–H groups in total. The highest BCUT2D eigenvalue weighted by molar-refractivity contribution is 5.69. The van der Waals surface area contributed by atoms with Crippen molar-refractivity contribution in [2.24, 2.45) is 0 Å². The Balaban J connectivity index is 2.54. The average molecular weight is 172 g/mol. The molecule has 13 heavy (non-hydrogen) atoms. The Hall–Kier alpha value is -1.97. The molecular formula is C9H8N4. The molecule has 0 fully saturated rings. The number of rotatable bonds is 1. The standard InChI is InChI=1S/C9H8N4/c10-9-7(5-11-6-13-9)8-3-1-2-4-12-8/h1-6H,(H2,10,11,13). The van der Waals surface area contributed by atoms with Crippen molar-refractivity contribution in [1.82, 2.24) is 15.0 Å². The highest BCUT2D eigenvalue weighted by Gasteiger charge is 2.02. The first kappa shape index (κ1) is 7.67.